The van der Waals surface area contributed by atoms with Gasteiger partial charge in [-0.25, -0.2) is 0 Å². The predicted molar refractivity (Wildman–Crippen MR) is 87.9 cm³/mol. The zero-order chi connectivity index (χ0) is 16.4. The number of carboxylic acid groups (broad SMARTS) is 1. The molecular formula is C18H16N2O3. The Morgan fingerprint density at radius 3 is 2.39 bits per heavy atom. The molecule has 1 atom stereocenters. The van der Waals surface area contributed by atoms with Crippen molar-refractivity contribution in [3.63, 3.8) is 0 Å². The molecule has 3 aromatic rings. The van der Waals surface area contributed by atoms with Gasteiger partial charge in [-0.2, -0.15) is 0 Å². The molecular weight excluding hydrogens is 292 g/mol. The van der Waals surface area contributed by atoms with Crippen LogP contribution < -0.4 is 5.73 Å². The summed E-state index contributed by atoms with van der Waals surface area (Å²) in [6.07, 6.45) is 1.59. The van der Waals surface area contributed by atoms with Gasteiger partial charge in [-0.05, 0) is 40.3 Å². The fraction of sp³-hybridized carbons (Fsp3) is 0.111. The second kappa shape index (κ2) is 5.96. The highest BCUT2D eigenvalue weighted by molar-refractivity contribution is 5.87. The van der Waals surface area contributed by atoms with Crippen molar-refractivity contribution < 1.29 is 14.7 Å². The molecule has 1 aromatic heterocycles. The number of amides is 1. The van der Waals surface area contributed by atoms with E-state index in [1.54, 1.807) is 12.1 Å². The zero-order valence-electron chi connectivity index (χ0n) is 12.3. The van der Waals surface area contributed by atoms with Gasteiger partial charge in [0.1, 0.15) is 0 Å². The number of carbonyl (C=O) groups is 2. The first kappa shape index (κ1) is 14.8. The number of primary amides is 1. The normalized spacial score (nSPS) is 12.2. The number of carboxylic acids is 1. The number of aliphatic carboxylic acids is 1. The molecule has 0 aliphatic heterocycles. The number of aromatic amines is 1. The van der Waals surface area contributed by atoms with E-state index in [9.17, 15) is 9.59 Å². The maximum absolute atomic E-state index is 11.5. The van der Waals surface area contributed by atoms with Crippen LogP contribution in [-0.2, 0) is 9.59 Å². The monoisotopic (exact) mass is 308 g/mol. The largest absolute Gasteiger partial charge is 0.481 e. The van der Waals surface area contributed by atoms with Crippen LogP contribution in [0.3, 0.4) is 0 Å². The fourth-order valence-electron chi connectivity index (χ4n) is 2.70. The van der Waals surface area contributed by atoms with Crippen LogP contribution in [0.1, 0.15) is 17.9 Å². The first-order valence-corrected chi connectivity index (χ1v) is 7.23. The van der Waals surface area contributed by atoms with E-state index in [2.05, 4.69) is 11.1 Å². The van der Waals surface area contributed by atoms with Crippen LogP contribution in [0, 0.1) is 0 Å². The lowest BCUT2D eigenvalue weighted by Gasteiger charge is -2.12. The van der Waals surface area contributed by atoms with Crippen molar-refractivity contribution in [1.82, 2.24) is 4.98 Å². The lowest BCUT2D eigenvalue weighted by atomic mass is 9.93. The van der Waals surface area contributed by atoms with Gasteiger partial charge in [-0.1, -0.05) is 30.3 Å². The Bertz CT molecular complexity index is 865. The third kappa shape index (κ3) is 3.08. The van der Waals surface area contributed by atoms with Crippen molar-refractivity contribution in [3.05, 3.63) is 60.3 Å². The summed E-state index contributed by atoms with van der Waals surface area (Å²) in [5, 5.41) is 10.0. The highest BCUT2D eigenvalue weighted by Crippen LogP contribution is 2.27. The maximum atomic E-state index is 11.5. The average Bonchev–Trinajstić information content (AvgIpc) is 3.00. The molecule has 23 heavy (non-hydrogen) atoms. The van der Waals surface area contributed by atoms with E-state index in [0.717, 1.165) is 22.0 Å². The second-order valence-electron chi connectivity index (χ2n) is 5.45. The van der Waals surface area contributed by atoms with E-state index in [0.29, 0.717) is 5.56 Å². The second-order valence-corrected chi connectivity index (χ2v) is 5.45. The number of aromatic nitrogens is 1. The number of rotatable bonds is 5. The summed E-state index contributed by atoms with van der Waals surface area (Å²) in [6, 6.07) is 15.4. The maximum Gasteiger partial charge on any atom is 0.304 e. The van der Waals surface area contributed by atoms with Crippen LogP contribution in [0.4, 0.5) is 0 Å². The van der Waals surface area contributed by atoms with Gasteiger partial charge in [0, 0.05) is 11.7 Å². The van der Waals surface area contributed by atoms with E-state index in [4.69, 9.17) is 10.8 Å². The molecule has 0 saturated carbocycles. The molecule has 2 aromatic carbocycles. The van der Waals surface area contributed by atoms with Gasteiger partial charge in [0.2, 0.25) is 5.91 Å². The van der Waals surface area contributed by atoms with Gasteiger partial charge < -0.3 is 15.8 Å². The third-order valence-electron chi connectivity index (χ3n) is 3.92. The Hall–Kier alpha value is -3.08. The smallest absolute Gasteiger partial charge is 0.304 e. The molecule has 116 valence electrons. The molecule has 5 nitrogen and oxygen atoms in total. The van der Waals surface area contributed by atoms with E-state index in [-0.39, 0.29) is 6.42 Å². The quantitative estimate of drug-likeness (QED) is 0.676. The van der Waals surface area contributed by atoms with Crippen molar-refractivity contribution in [2.75, 3.05) is 0 Å². The number of nitrogens with two attached hydrogens (primary N) is 1. The Labute approximate surface area is 132 Å². The minimum atomic E-state index is -1.05. The molecule has 5 heteroatoms. The number of nitrogens with one attached hydrogen (secondary N) is 1. The van der Waals surface area contributed by atoms with Crippen LogP contribution in [0.5, 0.6) is 0 Å². The van der Waals surface area contributed by atoms with Crippen LogP contribution in [0.2, 0.25) is 0 Å². The number of hydrogen-bond donors (Lipinski definition) is 3. The zero-order valence-corrected chi connectivity index (χ0v) is 12.3. The van der Waals surface area contributed by atoms with Crippen molar-refractivity contribution >= 4 is 22.8 Å². The number of benzene rings is 2. The number of hydrogen-bond acceptors (Lipinski definition) is 2. The Morgan fingerprint density at radius 1 is 1.04 bits per heavy atom. The molecule has 4 N–H and O–H groups in total. The summed E-state index contributed by atoms with van der Waals surface area (Å²) in [7, 11) is 0. The van der Waals surface area contributed by atoms with E-state index < -0.39 is 17.8 Å². The fourth-order valence-corrected chi connectivity index (χ4v) is 2.70. The SMILES string of the molecule is NC(=O)C(CC(=O)O)c1ccc(-c2ccc3[nH]ccc3c2)cc1. The van der Waals surface area contributed by atoms with Gasteiger partial charge in [0.15, 0.2) is 0 Å². The molecule has 1 amide bonds. The molecule has 0 bridgehead atoms. The van der Waals surface area contributed by atoms with E-state index in [1.807, 2.05) is 36.5 Å². The minimum Gasteiger partial charge on any atom is -0.481 e. The standard InChI is InChI=1S/C18H16N2O3/c19-18(23)15(10-17(21)22)12-3-1-11(2-4-12)13-5-6-16-14(9-13)7-8-20-16/h1-9,15,20H,10H2,(H2,19,23)(H,21,22). The molecule has 0 saturated heterocycles. The Balaban J connectivity index is 1.91. The molecule has 1 unspecified atom stereocenters. The minimum absolute atomic E-state index is 0.302. The molecule has 0 aliphatic rings. The lowest BCUT2D eigenvalue weighted by molar-refractivity contribution is -0.139. The van der Waals surface area contributed by atoms with Gasteiger partial charge in [-0.3, -0.25) is 9.59 Å². The number of H-pyrrole nitrogens is 1. The summed E-state index contributed by atoms with van der Waals surface area (Å²) in [5.74, 6) is -2.49. The molecule has 3 rings (SSSR count). The van der Waals surface area contributed by atoms with Gasteiger partial charge in [-0.15, -0.1) is 0 Å². The summed E-state index contributed by atoms with van der Waals surface area (Å²) >= 11 is 0. The molecule has 1 heterocycles. The van der Waals surface area contributed by atoms with Gasteiger partial charge in [0.25, 0.3) is 0 Å². The average molecular weight is 308 g/mol. The van der Waals surface area contributed by atoms with Crippen LogP contribution >= 0.6 is 0 Å². The molecule has 0 radical (unpaired) electrons. The van der Waals surface area contributed by atoms with E-state index >= 15 is 0 Å². The number of carbonyl (C=O) groups excluding carboxylic acids is 1. The van der Waals surface area contributed by atoms with Crippen molar-refractivity contribution in [1.29, 1.82) is 0 Å². The van der Waals surface area contributed by atoms with Gasteiger partial charge >= 0.3 is 5.97 Å². The van der Waals surface area contributed by atoms with Gasteiger partial charge in [0.05, 0.1) is 12.3 Å². The lowest BCUT2D eigenvalue weighted by Crippen LogP contribution is -2.23. The van der Waals surface area contributed by atoms with Crippen LogP contribution in [0.25, 0.3) is 22.0 Å². The van der Waals surface area contributed by atoms with Crippen LogP contribution in [-0.4, -0.2) is 22.0 Å². The first-order valence-electron chi connectivity index (χ1n) is 7.23. The van der Waals surface area contributed by atoms with Crippen molar-refractivity contribution in [2.45, 2.75) is 12.3 Å². The Morgan fingerprint density at radius 2 is 1.74 bits per heavy atom. The first-order chi connectivity index (χ1) is 11.0. The topological polar surface area (TPSA) is 96.2 Å². The van der Waals surface area contributed by atoms with E-state index in [1.165, 1.54) is 0 Å². The highest BCUT2D eigenvalue weighted by Gasteiger charge is 2.21. The highest BCUT2D eigenvalue weighted by atomic mass is 16.4. The molecule has 0 aliphatic carbocycles. The summed E-state index contributed by atoms with van der Waals surface area (Å²) < 4.78 is 0. The Kier molecular flexibility index (Phi) is 3.85. The third-order valence-corrected chi connectivity index (χ3v) is 3.92. The molecule has 0 spiro atoms. The molecule has 0 fully saturated rings. The van der Waals surface area contributed by atoms with Crippen molar-refractivity contribution in [3.8, 4) is 11.1 Å². The number of fused-ring (bicyclic) bond motifs is 1. The summed E-state index contributed by atoms with van der Waals surface area (Å²) in [6.45, 7) is 0. The van der Waals surface area contributed by atoms with Crippen molar-refractivity contribution in [2.24, 2.45) is 5.73 Å². The predicted octanol–water partition coefficient (Wildman–Crippen LogP) is 2.88. The summed E-state index contributed by atoms with van der Waals surface area (Å²) in [5.41, 5.74) is 9.05. The summed E-state index contributed by atoms with van der Waals surface area (Å²) in [4.78, 5) is 25.5. The van der Waals surface area contributed by atoms with Crippen LogP contribution in [0.15, 0.2) is 54.7 Å².